The van der Waals surface area contributed by atoms with Crippen LogP contribution in [0.25, 0.3) is 0 Å². The van der Waals surface area contributed by atoms with Gasteiger partial charge in [0.1, 0.15) is 0 Å². The van der Waals surface area contributed by atoms with Crippen LogP contribution >= 0.6 is 0 Å². The van der Waals surface area contributed by atoms with E-state index in [0.29, 0.717) is 25.8 Å². The summed E-state index contributed by atoms with van der Waals surface area (Å²) in [5, 5.41) is 13.8. The molecule has 6 nitrogen and oxygen atoms in total. The minimum atomic E-state index is -0.388. The Morgan fingerprint density at radius 1 is 1.38 bits per heavy atom. The maximum Gasteiger partial charge on any atom is 0.228 e. The third-order valence-corrected chi connectivity index (χ3v) is 4.44. The van der Waals surface area contributed by atoms with Gasteiger partial charge < -0.3 is 10.6 Å². The lowest BCUT2D eigenvalue weighted by Gasteiger charge is -2.24. The Hall–Kier alpha value is -2.68. The molecule has 0 saturated heterocycles. The Morgan fingerprint density at radius 3 is 2.92 bits per heavy atom. The lowest BCUT2D eigenvalue weighted by atomic mass is 9.90. The summed E-state index contributed by atoms with van der Waals surface area (Å²) in [6.45, 7) is 0.487. The number of nitrogens with one attached hydrogen (secondary N) is 2. The summed E-state index contributed by atoms with van der Waals surface area (Å²) in [5.41, 5.74) is 1.52. The van der Waals surface area contributed by atoms with Crippen LogP contribution in [0.5, 0.6) is 0 Å². The minimum absolute atomic E-state index is 0.0958. The minimum Gasteiger partial charge on any atom is -0.356 e. The van der Waals surface area contributed by atoms with E-state index in [1.807, 2.05) is 24.3 Å². The Bertz CT molecular complexity index is 714. The summed E-state index contributed by atoms with van der Waals surface area (Å²) >= 11 is 0. The number of hydrogen-bond acceptors (Lipinski definition) is 4. The van der Waals surface area contributed by atoms with Crippen molar-refractivity contribution in [3.63, 3.8) is 0 Å². The summed E-state index contributed by atoms with van der Waals surface area (Å²) in [5.74, 6) is 2.03. The quantitative estimate of drug-likeness (QED) is 0.754. The summed E-state index contributed by atoms with van der Waals surface area (Å²) in [7, 11) is 0. The molecule has 0 bridgehead atoms. The lowest BCUT2D eigenvalue weighted by molar-refractivity contribution is -0.127. The second-order valence-corrected chi connectivity index (χ2v) is 6.24. The maximum atomic E-state index is 12.1. The molecule has 0 saturated carbocycles. The first-order valence-electron chi connectivity index (χ1n) is 8.15. The van der Waals surface area contributed by atoms with Gasteiger partial charge >= 0.3 is 0 Å². The van der Waals surface area contributed by atoms with E-state index in [1.54, 1.807) is 0 Å². The van der Waals surface area contributed by atoms with E-state index in [-0.39, 0.29) is 29.8 Å². The van der Waals surface area contributed by atoms with E-state index >= 15 is 0 Å². The second kappa shape index (κ2) is 6.83. The van der Waals surface area contributed by atoms with Gasteiger partial charge in [0.15, 0.2) is 5.66 Å². The molecule has 0 radical (unpaired) electrons. The van der Waals surface area contributed by atoms with Gasteiger partial charge in [0.25, 0.3) is 0 Å². The topological polar surface area (TPSA) is 82.9 Å². The third-order valence-electron chi connectivity index (χ3n) is 4.44. The smallest absolute Gasteiger partial charge is 0.228 e. The molecule has 1 aromatic rings. The van der Waals surface area contributed by atoms with Gasteiger partial charge in [-0.2, -0.15) is 10.2 Å². The summed E-state index contributed by atoms with van der Waals surface area (Å²) < 4.78 is 0. The van der Waals surface area contributed by atoms with Gasteiger partial charge in [-0.15, -0.1) is 12.3 Å². The van der Waals surface area contributed by atoms with E-state index in [9.17, 15) is 9.59 Å². The van der Waals surface area contributed by atoms with E-state index < -0.39 is 0 Å². The molecular formula is C18H20N4O2. The number of nitrogens with zero attached hydrogens (tertiary/aromatic N) is 2. The van der Waals surface area contributed by atoms with Crippen LogP contribution in [0.4, 0.5) is 5.69 Å². The number of carbonyl (C=O) groups is 2. The highest BCUT2D eigenvalue weighted by Crippen LogP contribution is 2.36. The zero-order chi connectivity index (χ0) is 17.0. The molecule has 0 aliphatic carbocycles. The molecule has 0 spiro atoms. The number of carbonyl (C=O) groups excluding carboxylic acids is 2. The van der Waals surface area contributed by atoms with Crippen molar-refractivity contribution in [1.82, 2.24) is 5.32 Å². The fraction of sp³-hybridized carbons (Fsp3) is 0.444. The van der Waals surface area contributed by atoms with Gasteiger partial charge in [-0.1, -0.05) is 18.2 Å². The molecular weight excluding hydrogens is 304 g/mol. The average Bonchev–Trinajstić information content (AvgIpc) is 3.34. The van der Waals surface area contributed by atoms with E-state index in [1.165, 1.54) is 0 Å². The summed E-state index contributed by atoms with van der Waals surface area (Å²) in [4.78, 5) is 24.2. The highest BCUT2D eigenvalue weighted by molar-refractivity contribution is 5.97. The van der Waals surface area contributed by atoms with Gasteiger partial charge in [-0.25, -0.2) is 0 Å². The molecule has 0 fully saturated rings. The van der Waals surface area contributed by atoms with Crippen LogP contribution in [0.2, 0.25) is 0 Å². The van der Waals surface area contributed by atoms with E-state index in [4.69, 9.17) is 6.42 Å². The van der Waals surface area contributed by atoms with Crippen LogP contribution in [0.3, 0.4) is 0 Å². The van der Waals surface area contributed by atoms with Gasteiger partial charge in [-0.3, -0.25) is 9.59 Å². The fourth-order valence-electron chi connectivity index (χ4n) is 2.94. The van der Waals surface area contributed by atoms with Crippen LogP contribution < -0.4 is 10.6 Å². The molecule has 1 atom stereocenters. The molecule has 2 N–H and O–H groups in total. The Labute approximate surface area is 141 Å². The largest absolute Gasteiger partial charge is 0.356 e. The van der Waals surface area contributed by atoms with Crippen molar-refractivity contribution >= 4 is 17.5 Å². The summed E-state index contributed by atoms with van der Waals surface area (Å²) in [6.07, 6.45) is 8.03. The first kappa shape index (κ1) is 16.2. The van der Waals surface area contributed by atoms with Crippen molar-refractivity contribution in [3.8, 4) is 12.3 Å². The van der Waals surface area contributed by atoms with Gasteiger partial charge in [0.2, 0.25) is 11.8 Å². The molecule has 2 aliphatic heterocycles. The maximum absolute atomic E-state index is 12.1. The molecule has 2 aliphatic rings. The molecule has 24 heavy (non-hydrogen) atoms. The van der Waals surface area contributed by atoms with Crippen molar-refractivity contribution < 1.29 is 9.59 Å². The molecule has 6 heteroatoms. The second-order valence-electron chi connectivity index (χ2n) is 6.24. The molecule has 1 unspecified atom stereocenters. The number of anilines is 1. The molecule has 3 rings (SSSR count). The number of fused-ring (bicyclic) bond motifs is 1. The van der Waals surface area contributed by atoms with Crippen LogP contribution in [-0.2, 0) is 16.0 Å². The highest BCUT2D eigenvalue weighted by atomic mass is 16.2. The number of terminal acetylenes is 1. The predicted octanol–water partition coefficient (Wildman–Crippen LogP) is 2.27. The number of benzene rings is 1. The van der Waals surface area contributed by atoms with Crippen LogP contribution in [0.15, 0.2) is 34.5 Å². The third kappa shape index (κ3) is 3.80. The van der Waals surface area contributed by atoms with Crippen molar-refractivity contribution in [2.24, 2.45) is 16.1 Å². The highest BCUT2D eigenvalue weighted by Gasteiger charge is 2.38. The van der Waals surface area contributed by atoms with Crippen molar-refractivity contribution in [2.75, 3.05) is 11.9 Å². The molecule has 2 amide bonds. The van der Waals surface area contributed by atoms with E-state index in [2.05, 4.69) is 26.8 Å². The van der Waals surface area contributed by atoms with Crippen molar-refractivity contribution in [2.45, 2.75) is 37.8 Å². The SMILES string of the molecule is C#CCCC1(CCNC(=O)CC2Cc3ccccc3NC2=O)N=N1. The first-order chi connectivity index (χ1) is 11.6. The Kier molecular flexibility index (Phi) is 4.61. The van der Waals surface area contributed by atoms with E-state index in [0.717, 1.165) is 17.7 Å². The van der Waals surface area contributed by atoms with Crippen molar-refractivity contribution in [3.05, 3.63) is 29.8 Å². The average molecular weight is 324 g/mol. The van der Waals surface area contributed by atoms with Crippen LogP contribution in [0.1, 0.15) is 31.2 Å². The number of para-hydroxylation sites is 1. The normalized spacial score (nSPS) is 19.8. The monoisotopic (exact) mass is 324 g/mol. The fourth-order valence-corrected chi connectivity index (χ4v) is 2.94. The Balaban J connectivity index is 1.44. The standard InChI is InChI=1S/C18H20N4O2/c1-2-3-8-18(21-22-18)9-10-19-16(23)12-14-11-13-6-4-5-7-15(13)20-17(14)24/h1,4-7,14H,3,8-12H2,(H,19,23)(H,20,24). The zero-order valence-electron chi connectivity index (χ0n) is 13.4. The van der Waals surface area contributed by atoms with Gasteiger partial charge in [0, 0.05) is 37.9 Å². The predicted molar refractivity (Wildman–Crippen MR) is 90.2 cm³/mol. The molecule has 2 heterocycles. The van der Waals surface area contributed by atoms with Gasteiger partial charge in [0.05, 0.1) is 5.92 Å². The van der Waals surface area contributed by atoms with Crippen LogP contribution in [-0.4, -0.2) is 24.0 Å². The molecule has 0 aromatic heterocycles. The zero-order valence-corrected chi connectivity index (χ0v) is 13.4. The van der Waals surface area contributed by atoms with Gasteiger partial charge in [-0.05, 0) is 18.1 Å². The lowest BCUT2D eigenvalue weighted by Crippen LogP contribution is -2.36. The number of amides is 2. The Morgan fingerprint density at radius 2 is 2.17 bits per heavy atom. The number of hydrogen-bond donors (Lipinski definition) is 2. The molecule has 1 aromatic carbocycles. The van der Waals surface area contributed by atoms with Crippen molar-refractivity contribution in [1.29, 1.82) is 0 Å². The number of rotatable bonds is 7. The molecule has 124 valence electrons. The van der Waals surface area contributed by atoms with Crippen LogP contribution in [0, 0.1) is 18.3 Å². The summed E-state index contributed by atoms with van der Waals surface area (Å²) in [6, 6.07) is 7.68. The first-order valence-corrected chi connectivity index (χ1v) is 8.15.